The highest BCUT2D eigenvalue weighted by atomic mass is 79.9. The van der Waals surface area contributed by atoms with E-state index in [1.165, 1.54) is 0 Å². The van der Waals surface area contributed by atoms with E-state index in [0.29, 0.717) is 18.2 Å². The molecule has 124 valence electrons. The van der Waals surface area contributed by atoms with Gasteiger partial charge in [0, 0.05) is 42.6 Å². The lowest BCUT2D eigenvalue weighted by Gasteiger charge is -2.36. The van der Waals surface area contributed by atoms with Crippen molar-refractivity contribution < 1.29 is 9.59 Å². The summed E-state index contributed by atoms with van der Waals surface area (Å²) in [5.74, 6) is 0.950. The number of rotatable bonds is 3. The van der Waals surface area contributed by atoms with Crippen LogP contribution in [0.5, 0.6) is 0 Å². The molecule has 2 aliphatic rings. The van der Waals surface area contributed by atoms with Crippen LogP contribution in [0, 0.1) is 5.92 Å². The van der Waals surface area contributed by atoms with Crippen LogP contribution in [0.15, 0.2) is 28.7 Å². The molecule has 0 bridgehead atoms. The molecule has 2 fully saturated rings. The Morgan fingerprint density at radius 1 is 1.17 bits per heavy atom. The molecular formula is C18H23BrN2O2. The summed E-state index contributed by atoms with van der Waals surface area (Å²) >= 11 is 3.42. The minimum Gasteiger partial charge on any atom is -0.342 e. The maximum Gasteiger partial charge on any atom is 0.253 e. The Morgan fingerprint density at radius 3 is 2.65 bits per heavy atom. The molecule has 0 saturated carbocycles. The highest BCUT2D eigenvalue weighted by Crippen LogP contribution is 2.23. The Hall–Kier alpha value is -1.36. The second-order valence-corrected chi connectivity index (χ2v) is 7.46. The summed E-state index contributed by atoms with van der Waals surface area (Å²) in [6.07, 6.45) is 4.86. The van der Waals surface area contributed by atoms with Crippen LogP contribution in [0.1, 0.15) is 42.5 Å². The molecule has 23 heavy (non-hydrogen) atoms. The zero-order valence-electron chi connectivity index (χ0n) is 13.3. The van der Waals surface area contributed by atoms with Crippen molar-refractivity contribution in [3.63, 3.8) is 0 Å². The Balaban J connectivity index is 1.52. The average molecular weight is 379 g/mol. The molecular weight excluding hydrogens is 356 g/mol. The molecule has 0 aliphatic carbocycles. The Morgan fingerprint density at radius 2 is 1.96 bits per heavy atom. The highest BCUT2D eigenvalue weighted by molar-refractivity contribution is 9.10. The SMILES string of the molecule is O=C1CCCCN1CC1CCN(C(=O)c2cccc(Br)c2)CC1. The first-order valence-electron chi connectivity index (χ1n) is 8.46. The predicted molar refractivity (Wildman–Crippen MR) is 93.2 cm³/mol. The van der Waals surface area contributed by atoms with Gasteiger partial charge in [0.2, 0.25) is 5.91 Å². The van der Waals surface area contributed by atoms with Gasteiger partial charge in [-0.1, -0.05) is 22.0 Å². The zero-order valence-corrected chi connectivity index (χ0v) is 14.9. The van der Waals surface area contributed by atoms with E-state index >= 15 is 0 Å². The molecule has 2 aliphatic heterocycles. The van der Waals surface area contributed by atoms with Gasteiger partial charge in [0.25, 0.3) is 5.91 Å². The third kappa shape index (κ3) is 4.14. The van der Waals surface area contributed by atoms with E-state index in [1.807, 2.05) is 34.1 Å². The number of amides is 2. The van der Waals surface area contributed by atoms with E-state index in [-0.39, 0.29) is 5.91 Å². The quantitative estimate of drug-likeness (QED) is 0.809. The molecule has 0 N–H and O–H groups in total. The fourth-order valence-corrected chi connectivity index (χ4v) is 3.89. The molecule has 1 aromatic rings. The van der Waals surface area contributed by atoms with Gasteiger partial charge in [-0.2, -0.15) is 0 Å². The van der Waals surface area contributed by atoms with Gasteiger partial charge in [0.1, 0.15) is 0 Å². The molecule has 2 saturated heterocycles. The van der Waals surface area contributed by atoms with Crippen LogP contribution in [0.25, 0.3) is 0 Å². The van der Waals surface area contributed by atoms with Crippen LogP contribution in [0.2, 0.25) is 0 Å². The summed E-state index contributed by atoms with van der Waals surface area (Å²) in [6.45, 7) is 3.36. The number of carbonyl (C=O) groups excluding carboxylic acids is 2. The molecule has 1 aromatic carbocycles. The third-order valence-corrected chi connectivity index (χ3v) is 5.37. The average Bonchev–Trinajstić information content (AvgIpc) is 2.57. The van der Waals surface area contributed by atoms with Gasteiger partial charge < -0.3 is 9.80 Å². The lowest BCUT2D eigenvalue weighted by molar-refractivity contribution is -0.134. The smallest absolute Gasteiger partial charge is 0.253 e. The molecule has 0 unspecified atom stereocenters. The summed E-state index contributed by atoms with van der Waals surface area (Å²) in [5.41, 5.74) is 0.740. The summed E-state index contributed by atoms with van der Waals surface area (Å²) in [7, 11) is 0. The van der Waals surface area contributed by atoms with Crippen molar-refractivity contribution in [1.82, 2.24) is 9.80 Å². The number of carbonyl (C=O) groups is 2. The molecule has 4 nitrogen and oxygen atoms in total. The van der Waals surface area contributed by atoms with E-state index in [4.69, 9.17) is 0 Å². The lowest BCUT2D eigenvalue weighted by atomic mass is 9.94. The number of benzene rings is 1. The molecule has 0 radical (unpaired) electrons. The number of piperidine rings is 2. The number of halogens is 1. The minimum absolute atomic E-state index is 0.110. The number of nitrogens with zero attached hydrogens (tertiary/aromatic N) is 2. The van der Waals surface area contributed by atoms with Crippen molar-refractivity contribution in [3.05, 3.63) is 34.3 Å². The summed E-state index contributed by atoms with van der Waals surface area (Å²) in [4.78, 5) is 28.4. The third-order valence-electron chi connectivity index (χ3n) is 4.87. The topological polar surface area (TPSA) is 40.6 Å². The zero-order chi connectivity index (χ0) is 16.2. The Labute approximate surface area is 146 Å². The van der Waals surface area contributed by atoms with Crippen LogP contribution in [0.3, 0.4) is 0 Å². The van der Waals surface area contributed by atoms with Gasteiger partial charge in [-0.3, -0.25) is 9.59 Å². The van der Waals surface area contributed by atoms with E-state index < -0.39 is 0 Å². The van der Waals surface area contributed by atoms with Crippen LogP contribution in [-0.4, -0.2) is 47.8 Å². The van der Waals surface area contributed by atoms with Crippen molar-refractivity contribution in [2.24, 2.45) is 5.92 Å². The van der Waals surface area contributed by atoms with Crippen LogP contribution >= 0.6 is 15.9 Å². The number of hydrogen-bond donors (Lipinski definition) is 0. The van der Waals surface area contributed by atoms with Gasteiger partial charge in [0.15, 0.2) is 0 Å². The standard InChI is InChI=1S/C18H23BrN2O2/c19-16-5-3-4-15(12-16)18(23)20-10-7-14(8-11-20)13-21-9-2-1-6-17(21)22/h3-5,12,14H,1-2,6-11,13H2. The first-order chi connectivity index (χ1) is 11.1. The fourth-order valence-electron chi connectivity index (χ4n) is 3.49. The van der Waals surface area contributed by atoms with Crippen molar-refractivity contribution >= 4 is 27.7 Å². The van der Waals surface area contributed by atoms with E-state index in [9.17, 15) is 9.59 Å². The van der Waals surface area contributed by atoms with Gasteiger partial charge in [-0.25, -0.2) is 0 Å². The second-order valence-electron chi connectivity index (χ2n) is 6.54. The first kappa shape index (κ1) is 16.5. The van der Waals surface area contributed by atoms with Crippen LogP contribution < -0.4 is 0 Å². The number of hydrogen-bond acceptors (Lipinski definition) is 2. The van der Waals surface area contributed by atoms with E-state index in [0.717, 1.165) is 61.9 Å². The Bertz CT molecular complexity index is 582. The summed E-state index contributed by atoms with van der Waals surface area (Å²) in [5, 5.41) is 0. The molecule has 5 heteroatoms. The molecule has 0 aromatic heterocycles. The summed E-state index contributed by atoms with van der Waals surface area (Å²) < 4.78 is 0.932. The molecule has 2 amide bonds. The van der Waals surface area contributed by atoms with Gasteiger partial charge in [-0.05, 0) is 49.8 Å². The largest absolute Gasteiger partial charge is 0.342 e. The van der Waals surface area contributed by atoms with Gasteiger partial charge >= 0.3 is 0 Å². The van der Waals surface area contributed by atoms with E-state index in [2.05, 4.69) is 15.9 Å². The molecule has 0 atom stereocenters. The van der Waals surface area contributed by atoms with Gasteiger partial charge in [-0.15, -0.1) is 0 Å². The Kier molecular flexibility index (Phi) is 5.36. The minimum atomic E-state index is 0.110. The second kappa shape index (κ2) is 7.47. The van der Waals surface area contributed by atoms with Crippen LogP contribution in [0.4, 0.5) is 0 Å². The van der Waals surface area contributed by atoms with Crippen LogP contribution in [-0.2, 0) is 4.79 Å². The fraction of sp³-hybridized carbons (Fsp3) is 0.556. The maximum atomic E-state index is 12.5. The van der Waals surface area contributed by atoms with Crippen molar-refractivity contribution in [2.75, 3.05) is 26.2 Å². The summed E-state index contributed by atoms with van der Waals surface area (Å²) in [6, 6.07) is 7.57. The van der Waals surface area contributed by atoms with Crippen molar-refractivity contribution in [1.29, 1.82) is 0 Å². The highest BCUT2D eigenvalue weighted by Gasteiger charge is 2.27. The molecule has 0 spiro atoms. The van der Waals surface area contributed by atoms with Gasteiger partial charge in [0.05, 0.1) is 0 Å². The van der Waals surface area contributed by atoms with E-state index in [1.54, 1.807) is 0 Å². The number of likely N-dealkylation sites (tertiary alicyclic amines) is 2. The molecule has 2 heterocycles. The maximum absolute atomic E-state index is 12.5. The predicted octanol–water partition coefficient (Wildman–Crippen LogP) is 3.31. The van der Waals surface area contributed by atoms with Crippen molar-refractivity contribution in [3.8, 4) is 0 Å². The monoisotopic (exact) mass is 378 g/mol. The molecule has 3 rings (SSSR count). The first-order valence-corrected chi connectivity index (χ1v) is 9.25. The normalized spacial score (nSPS) is 20.0. The van der Waals surface area contributed by atoms with Crippen molar-refractivity contribution in [2.45, 2.75) is 32.1 Å². The lowest BCUT2D eigenvalue weighted by Crippen LogP contribution is -2.44.